The maximum absolute atomic E-state index is 4.74. The third-order valence-electron chi connectivity index (χ3n) is 4.24. The van der Waals surface area contributed by atoms with Gasteiger partial charge < -0.3 is 4.98 Å². The number of rotatable bonds is 5. The van der Waals surface area contributed by atoms with Crippen LogP contribution in [0, 0.1) is 6.92 Å². The fraction of sp³-hybridized carbons (Fsp3) is 0.333. The molecule has 1 aromatic carbocycles. The fourth-order valence-electron chi connectivity index (χ4n) is 2.88. The van der Waals surface area contributed by atoms with E-state index in [1.54, 1.807) is 6.33 Å². The molecule has 0 atom stereocenters. The molecule has 0 aliphatic rings. The highest BCUT2D eigenvalue weighted by molar-refractivity contribution is 5.85. The average Bonchev–Trinajstić information content (AvgIpc) is 3.21. The van der Waals surface area contributed by atoms with Crippen LogP contribution in [-0.4, -0.2) is 29.5 Å². The first-order chi connectivity index (χ1) is 11.8. The maximum Gasteiger partial charge on any atom is 0.185 e. The smallest absolute Gasteiger partial charge is 0.185 e. The van der Waals surface area contributed by atoms with Crippen molar-refractivity contribution in [3.05, 3.63) is 42.0 Å². The van der Waals surface area contributed by atoms with E-state index in [4.69, 9.17) is 10.1 Å². The van der Waals surface area contributed by atoms with Crippen LogP contribution < -0.4 is 0 Å². The highest BCUT2D eigenvalue weighted by Gasteiger charge is 2.15. The van der Waals surface area contributed by atoms with Crippen LogP contribution in [0.25, 0.3) is 28.2 Å². The van der Waals surface area contributed by atoms with E-state index in [-0.39, 0.29) is 0 Å². The molecule has 0 spiro atoms. The highest BCUT2D eigenvalue weighted by Crippen LogP contribution is 2.21. The molecule has 24 heavy (non-hydrogen) atoms. The lowest BCUT2D eigenvalue weighted by molar-refractivity contribution is 0.675. The number of nitrogens with one attached hydrogen (secondary N) is 1. The summed E-state index contributed by atoms with van der Waals surface area (Å²) in [4.78, 5) is 16.9. The Kier molecular flexibility index (Phi) is 3.72. The van der Waals surface area contributed by atoms with Gasteiger partial charge in [-0.05, 0) is 13.3 Å². The van der Waals surface area contributed by atoms with Crippen LogP contribution in [-0.2, 0) is 6.42 Å². The number of aromatic amines is 1. The second-order valence-electron chi connectivity index (χ2n) is 6.12. The predicted octanol–water partition coefficient (Wildman–Crippen LogP) is 3.71. The standard InChI is InChI=1S/C18H20N6/c1-3-4-5-6-14-21-17-15(19-11-20-17)18-22-16(23-24(14)18)13-9-7-12(2)8-10-13/h7-11H,3-6H2,1-2H3,(H,19,20). The quantitative estimate of drug-likeness (QED) is 0.569. The van der Waals surface area contributed by atoms with E-state index in [1.807, 2.05) is 4.52 Å². The van der Waals surface area contributed by atoms with Crippen molar-refractivity contribution in [2.24, 2.45) is 0 Å². The lowest BCUT2D eigenvalue weighted by atomic mass is 10.1. The van der Waals surface area contributed by atoms with Crippen molar-refractivity contribution < 1.29 is 0 Å². The summed E-state index contributed by atoms with van der Waals surface area (Å²) in [5, 5.41) is 4.72. The van der Waals surface area contributed by atoms with Crippen LogP contribution in [0.5, 0.6) is 0 Å². The first-order valence-corrected chi connectivity index (χ1v) is 8.42. The molecule has 0 fully saturated rings. The van der Waals surface area contributed by atoms with Crippen LogP contribution in [0.2, 0.25) is 0 Å². The fourth-order valence-corrected chi connectivity index (χ4v) is 2.88. The van der Waals surface area contributed by atoms with Crippen molar-refractivity contribution in [3.8, 4) is 11.4 Å². The second kappa shape index (κ2) is 6.03. The maximum atomic E-state index is 4.74. The van der Waals surface area contributed by atoms with Gasteiger partial charge in [0.1, 0.15) is 11.3 Å². The van der Waals surface area contributed by atoms with Gasteiger partial charge in [0.2, 0.25) is 0 Å². The molecule has 0 aliphatic carbocycles. The van der Waals surface area contributed by atoms with E-state index in [1.165, 1.54) is 18.4 Å². The minimum Gasteiger partial charge on any atom is -0.340 e. The molecule has 0 saturated heterocycles. The Morgan fingerprint density at radius 3 is 2.71 bits per heavy atom. The Balaban J connectivity index is 1.86. The molecular weight excluding hydrogens is 300 g/mol. The van der Waals surface area contributed by atoms with Gasteiger partial charge in [0.15, 0.2) is 17.1 Å². The zero-order valence-electron chi connectivity index (χ0n) is 14.0. The lowest BCUT2D eigenvalue weighted by Gasteiger charge is -2.03. The molecule has 0 amide bonds. The molecule has 0 bridgehead atoms. The van der Waals surface area contributed by atoms with Gasteiger partial charge in [-0.15, -0.1) is 5.10 Å². The van der Waals surface area contributed by atoms with Gasteiger partial charge in [-0.2, -0.15) is 4.52 Å². The minimum atomic E-state index is 0.705. The second-order valence-corrected chi connectivity index (χ2v) is 6.12. The summed E-state index contributed by atoms with van der Waals surface area (Å²) < 4.78 is 1.87. The van der Waals surface area contributed by atoms with Gasteiger partial charge in [-0.25, -0.2) is 15.0 Å². The Labute approximate surface area is 140 Å². The van der Waals surface area contributed by atoms with E-state index < -0.39 is 0 Å². The van der Waals surface area contributed by atoms with Crippen molar-refractivity contribution in [1.29, 1.82) is 0 Å². The molecular formula is C18H20N6. The molecule has 1 N–H and O–H groups in total. The Hall–Kier alpha value is -2.76. The predicted molar refractivity (Wildman–Crippen MR) is 93.8 cm³/mol. The van der Waals surface area contributed by atoms with Crippen LogP contribution in [0.4, 0.5) is 0 Å². The first-order valence-electron chi connectivity index (χ1n) is 8.42. The van der Waals surface area contributed by atoms with E-state index in [0.29, 0.717) is 5.65 Å². The lowest BCUT2D eigenvalue weighted by Crippen LogP contribution is -2.03. The zero-order valence-corrected chi connectivity index (χ0v) is 14.0. The number of imidazole rings is 1. The molecule has 3 aromatic heterocycles. The number of aryl methyl sites for hydroxylation is 2. The molecule has 6 heteroatoms. The molecule has 122 valence electrons. The number of nitrogens with zero attached hydrogens (tertiary/aromatic N) is 5. The van der Waals surface area contributed by atoms with Crippen molar-refractivity contribution in [2.75, 3.05) is 0 Å². The zero-order chi connectivity index (χ0) is 16.5. The monoisotopic (exact) mass is 320 g/mol. The van der Waals surface area contributed by atoms with E-state index in [0.717, 1.165) is 41.2 Å². The molecule has 6 nitrogen and oxygen atoms in total. The number of hydrogen-bond acceptors (Lipinski definition) is 4. The van der Waals surface area contributed by atoms with Crippen molar-refractivity contribution >= 4 is 16.8 Å². The van der Waals surface area contributed by atoms with Gasteiger partial charge in [0.25, 0.3) is 0 Å². The van der Waals surface area contributed by atoms with Crippen LogP contribution in [0.1, 0.15) is 37.6 Å². The summed E-state index contributed by atoms with van der Waals surface area (Å²) in [6, 6.07) is 8.26. The molecule has 0 saturated carbocycles. The van der Waals surface area contributed by atoms with Gasteiger partial charge in [-0.1, -0.05) is 49.6 Å². The van der Waals surface area contributed by atoms with E-state index in [2.05, 4.69) is 53.1 Å². The summed E-state index contributed by atoms with van der Waals surface area (Å²) in [5.41, 5.74) is 4.56. The summed E-state index contributed by atoms with van der Waals surface area (Å²) in [7, 11) is 0. The van der Waals surface area contributed by atoms with Crippen LogP contribution >= 0.6 is 0 Å². The molecule has 0 unspecified atom stereocenters. The van der Waals surface area contributed by atoms with Crippen LogP contribution in [0.3, 0.4) is 0 Å². The number of unbranched alkanes of at least 4 members (excludes halogenated alkanes) is 2. The normalized spacial score (nSPS) is 11.6. The summed E-state index contributed by atoms with van der Waals surface area (Å²) in [6.45, 7) is 4.27. The van der Waals surface area contributed by atoms with Gasteiger partial charge in [0.05, 0.1) is 6.33 Å². The SMILES string of the molecule is CCCCCc1nc2nc[nH]c2c2nc(-c3ccc(C)cc3)nn12. The third-order valence-corrected chi connectivity index (χ3v) is 4.24. The molecule has 3 heterocycles. The van der Waals surface area contributed by atoms with Crippen molar-refractivity contribution in [2.45, 2.75) is 39.5 Å². The van der Waals surface area contributed by atoms with E-state index in [9.17, 15) is 0 Å². The van der Waals surface area contributed by atoms with Crippen molar-refractivity contribution in [3.63, 3.8) is 0 Å². The summed E-state index contributed by atoms with van der Waals surface area (Å²) >= 11 is 0. The van der Waals surface area contributed by atoms with Gasteiger partial charge in [0, 0.05) is 12.0 Å². The molecule has 0 aliphatic heterocycles. The molecule has 4 aromatic rings. The highest BCUT2D eigenvalue weighted by atomic mass is 15.3. The van der Waals surface area contributed by atoms with Crippen LogP contribution in [0.15, 0.2) is 30.6 Å². The van der Waals surface area contributed by atoms with Gasteiger partial charge >= 0.3 is 0 Å². The Morgan fingerprint density at radius 2 is 1.92 bits per heavy atom. The number of benzene rings is 1. The summed E-state index contributed by atoms with van der Waals surface area (Å²) in [5.74, 6) is 1.64. The van der Waals surface area contributed by atoms with Crippen molar-refractivity contribution in [1.82, 2.24) is 29.5 Å². The third kappa shape index (κ3) is 2.54. The summed E-state index contributed by atoms with van der Waals surface area (Å²) in [6.07, 6.45) is 5.99. The number of fused-ring (bicyclic) bond motifs is 3. The first kappa shape index (κ1) is 14.8. The van der Waals surface area contributed by atoms with Gasteiger partial charge in [-0.3, -0.25) is 0 Å². The number of aromatic nitrogens is 6. The number of hydrogen-bond donors (Lipinski definition) is 1. The molecule has 0 radical (unpaired) electrons. The Bertz CT molecular complexity index is 980. The Morgan fingerprint density at radius 1 is 1.08 bits per heavy atom. The largest absolute Gasteiger partial charge is 0.340 e. The number of H-pyrrole nitrogens is 1. The molecule has 4 rings (SSSR count). The topological polar surface area (TPSA) is 71.8 Å². The average molecular weight is 320 g/mol. The minimum absolute atomic E-state index is 0.705. The van der Waals surface area contributed by atoms with E-state index >= 15 is 0 Å².